The number of hydrogen-bond acceptors (Lipinski definition) is 1. The first-order valence-corrected chi connectivity index (χ1v) is 4.21. The minimum absolute atomic E-state index is 0.0238. The molecule has 72 valence electrons. The van der Waals surface area contributed by atoms with Gasteiger partial charge in [0, 0.05) is 4.90 Å². The zero-order chi connectivity index (χ0) is 10.2. The van der Waals surface area contributed by atoms with Gasteiger partial charge in [0.2, 0.25) is 0 Å². The van der Waals surface area contributed by atoms with Crippen LogP contribution >= 0.6 is 24.2 Å². The molecule has 0 aliphatic heterocycles. The number of alkyl halides is 3. The predicted octanol–water partition coefficient (Wildman–Crippen LogP) is 3.96. The second-order valence-corrected chi connectivity index (χ2v) is 3.48. The van der Waals surface area contributed by atoms with Gasteiger partial charge >= 0.3 is 6.18 Å². The molecule has 0 radical (unpaired) electrons. The van der Waals surface area contributed by atoms with E-state index in [4.69, 9.17) is 11.6 Å². The van der Waals surface area contributed by atoms with Crippen LogP contribution in [0.2, 0.25) is 5.02 Å². The van der Waals surface area contributed by atoms with Gasteiger partial charge in [-0.25, -0.2) is 0 Å². The summed E-state index contributed by atoms with van der Waals surface area (Å²) in [4.78, 5) is 0.384. The third-order valence-corrected chi connectivity index (χ3v) is 2.60. The molecule has 0 nitrogen and oxygen atoms in total. The average Bonchev–Trinajstić information content (AvgIpc) is 1.97. The van der Waals surface area contributed by atoms with Crippen molar-refractivity contribution in [3.05, 3.63) is 28.3 Å². The van der Waals surface area contributed by atoms with E-state index in [-0.39, 0.29) is 5.02 Å². The molecule has 0 saturated carbocycles. The largest absolute Gasteiger partial charge is 0.416 e. The SMILES string of the molecule is Cc1cc(C(F)(F)F)cc(Cl)c1S. The molecule has 0 N–H and O–H groups in total. The molecule has 0 aliphatic rings. The molecule has 1 rings (SSSR count). The fraction of sp³-hybridized carbons (Fsp3) is 0.250. The van der Waals surface area contributed by atoms with Crippen LogP contribution in [0.1, 0.15) is 11.1 Å². The predicted molar refractivity (Wildman–Crippen MR) is 48.4 cm³/mol. The molecule has 1 aromatic rings. The number of rotatable bonds is 0. The lowest BCUT2D eigenvalue weighted by atomic mass is 10.1. The lowest BCUT2D eigenvalue weighted by Crippen LogP contribution is -2.05. The molecule has 5 heteroatoms. The van der Waals surface area contributed by atoms with Crippen LogP contribution < -0.4 is 0 Å². The van der Waals surface area contributed by atoms with E-state index in [0.717, 1.165) is 12.1 Å². The third kappa shape index (κ3) is 2.31. The maximum Gasteiger partial charge on any atom is 0.416 e. The van der Waals surface area contributed by atoms with Gasteiger partial charge in [0.1, 0.15) is 0 Å². The second kappa shape index (κ2) is 3.42. The molecule has 0 spiro atoms. The Bertz CT molecular complexity index is 310. The molecule has 0 aliphatic carbocycles. The molecule has 0 amide bonds. The molecular formula is C8H6ClF3S. The summed E-state index contributed by atoms with van der Waals surface area (Å²) >= 11 is 9.50. The maximum absolute atomic E-state index is 12.2. The van der Waals surface area contributed by atoms with Gasteiger partial charge in [-0.05, 0) is 24.6 Å². The quantitative estimate of drug-likeness (QED) is 0.636. The first kappa shape index (κ1) is 10.7. The first-order valence-electron chi connectivity index (χ1n) is 3.38. The molecule has 1 aromatic carbocycles. The summed E-state index contributed by atoms with van der Waals surface area (Å²) in [6.45, 7) is 1.53. The Morgan fingerprint density at radius 1 is 1.31 bits per heavy atom. The van der Waals surface area contributed by atoms with Crippen molar-refractivity contribution in [2.45, 2.75) is 18.0 Å². The second-order valence-electron chi connectivity index (χ2n) is 2.62. The van der Waals surface area contributed by atoms with Gasteiger partial charge in [-0.3, -0.25) is 0 Å². The van der Waals surface area contributed by atoms with E-state index in [2.05, 4.69) is 12.6 Å². The van der Waals surface area contributed by atoms with E-state index in [1.165, 1.54) is 6.92 Å². The minimum atomic E-state index is -4.35. The third-order valence-electron chi connectivity index (χ3n) is 1.58. The van der Waals surface area contributed by atoms with E-state index < -0.39 is 11.7 Å². The zero-order valence-corrected chi connectivity index (χ0v) is 8.26. The van der Waals surface area contributed by atoms with E-state index >= 15 is 0 Å². The van der Waals surface area contributed by atoms with E-state index in [9.17, 15) is 13.2 Å². The Labute approximate surface area is 84.1 Å². The van der Waals surface area contributed by atoms with Crippen LogP contribution in [0.15, 0.2) is 17.0 Å². The first-order chi connectivity index (χ1) is 5.82. The van der Waals surface area contributed by atoms with Gasteiger partial charge in [0.05, 0.1) is 10.6 Å². The van der Waals surface area contributed by atoms with Gasteiger partial charge in [-0.1, -0.05) is 11.6 Å². The van der Waals surface area contributed by atoms with Crippen LogP contribution in [-0.2, 0) is 6.18 Å². The molecule has 0 bridgehead atoms. The van der Waals surface area contributed by atoms with Gasteiger partial charge in [0.25, 0.3) is 0 Å². The minimum Gasteiger partial charge on any atom is -0.166 e. The van der Waals surface area contributed by atoms with E-state index in [1.54, 1.807) is 0 Å². The Morgan fingerprint density at radius 2 is 1.85 bits per heavy atom. The van der Waals surface area contributed by atoms with Crippen molar-refractivity contribution in [2.75, 3.05) is 0 Å². The maximum atomic E-state index is 12.2. The Balaban J connectivity index is 3.29. The zero-order valence-electron chi connectivity index (χ0n) is 6.61. The molecule has 13 heavy (non-hydrogen) atoms. The monoisotopic (exact) mass is 226 g/mol. The lowest BCUT2D eigenvalue weighted by Gasteiger charge is -2.09. The van der Waals surface area contributed by atoms with E-state index in [1.807, 2.05) is 0 Å². The fourth-order valence-electron chi connectivity index (χ4n) is 0.900. The van der Waals surface area contributed by atoms with Crippen LogP contribution in [0.4, 0.5) is 13.2 Å². The standard InChI is InChI=1S/C8H6ClF3S/c1-4-2-5(8(10,11)12)3-6(9)7(4)13/h2-3,13H,1H3. The highest BCUT2D eigenvalue weighted by molar-refractivity contribution is 7.80. The molecule has 0 heterocycles. The van der Waals surface area contributed by atoms with Crippen LogP contribution in [0, 0.1) is 6.92 Å². The summed E-state index contributed by atoms with van der Waals surface area (Å²) in [6.07, 6.45) is -4.35. The summed E-state index contributed by atoms with van der Waals surface area (Å²) in [5.74, 6) is 0. The van der Waals surface area contributed by atoms with Crippen LogP contribution in [0.5, 0.6) is 0 Å². The average molecular weight is 227 g/mol. The summed E-state index contributed by atoms with van der Waals surface area (Å²) in [5, 5.41) is 0.0238. The van der Waals surface area contributed by atoms with Gasteiger partial charge in [-0.2, -0.15) is 13.2 Å². The number of aryl methyl sites for hydroxylation is 1. The Morgan fingerprint density at radius 3 is 2.23 bits per heavy atom. The molecule has 0 atom stereocenters. The molecule has 0 fully saturated rings. The van der Waals surface area contributed by atoms with Gasteiger partial charge in [0.15, 0.2) is 0 Å². The highest BCUT2D eigenvalue weighted by atomic mass is 35.5. The summed E-state index contributed by atoms with van der Waals surface area (Å²) in [7, 11) is 0. The van der Waals surface area contributed by atoms with Crippen LogP contribution in [-0.4, -0.2) is 0 Å². The van der Waals surface area contributed by atoms with Crippen molar-refractivity contribution in [3.8, 4) is 0 Å². The number of benzene rings is 1. The number of thiol groups is 1. The smallest absolute Gasteiger partial charge is 0.166 e. The molecular weight excluding hydrogens is 221 g/mol. The fourth-order valence-corrected chi connectivity index (χ4v) is 1.30. The Hall–Kier alpha value is -0.350. The summed E-state index contributed by atoms with van der Waals surface area (Å²) in [6, 6.07) is 1.89. The summed E-state index contributed by atoms with van der Waals surface area (Å²) in [5.41, 5.74) is -0.323. The van der Waals surface area contributed by atoms with Crippen molar-refractivity contribution in [3.63, 3.8) is 0 Å². The number of halogens is 4. The van der Waals surface area contributed by atoms with Crippen LogP contribution in [0.25, 0.3) is 0 Å². The van der Waals surface area contributed by atoms with Crippen molar-refractivity contribution >= 4 is 24.2 Å². The van der Waals surface area contributed by atoms with Crippen molar-refractivity contribution < 1.29 is 13.2 Å². The van der Waals surface area contributed by atoms with Crippen LogP contribution in [0.3, 0.4) is 0 Å². The summed E-state index contributed by atoms with van der Waals surface area (Å²) < 4.78 is 36.6. The molecule has 0 aromatic heterocycles. The number of hydrogen-bond donors (Lipinski definition) is 1. The normalized spacial score (nSPS) is 11.8. The topological polar surface area (TPSA) is 0 Å². The highest BCUT2D eigenvalue weighted by Crippen LogP contribution is 2.34. The lowest BCUT2D eigenvalue weighted by molar-refractivity contribution is -0.137. The van der Waals surface area contributed by atoms with Gasteiger partial charge in [-0.15, -0.1) is 12.6 Å². The molecule has 0 unspecified atom stereocenters. The highest BCUT2D eigenvalue weighted by Gasteiger charge is 2.31. The van der Waals surface area contributed by atoms with Crippen molar-refractivity contribution in [1.82, 2.24) is 0 Å². The Kier molecular flexibility index (Phi) is 2.82. The van der Waals surface area contributed by atoms with E-state index in [0.29, 0.717) is 10.5 Å². The van der Waals surface area contributed by atoms with Crippen molar-refractivity contribution in [1.29, 1.82) is 0 Å². The van der Waals surface area contributed by atoms with Crippen molar-refractivity contribution in [2.24, 2.45) is 0 Å². The molecule has 0 saturated heterocycles. The van der Waals surface area contributed by atoms with Gasteiger partial charge < -0.3 is 0 Å².